The minimum Gasteiger partial charge on any atom is -0.508 e. The van der Waals surface area contributed by atoms with Crippen LogP contribution in [0.1, 0.15) is 11.1 Å². The molecular formula is C20H19F6N3O2. The lowest BCUT2D eigenvalue weighted by molar-refractivity contribution is -0.143. The van der Waals surface area contributed by atoms with Crippen molar-refractivity contribution in [3.8, 4) is 5.75 Å². The zero-order valence-corrected chi connectivity index (χ0v) is 16.1. The molecule has 1 amide bonds. The van der Waals surface area contributed by atoms with Crippen LogP contribution < -0.4 is 10.2 Å². The Labute approximate surface area is 173 Å². The molecule has 0 saturated carbocycles. The fraction of sp³-hybridized carbons (Fsp3) is 0.350. The molecular weight excluding hydrogens is 428 g/mol. The Kier molecular flexibility index (Phi) is 6.35. The van der Waals surface area contributed by atoms with Crippen molar-refractivity contribution >= 4 is 17.3 Å². The summed E-state index contributed by atoms with van der Waals surface area (Å²) in [6.45, 7) is 1.93. The Morgan fingerprint density at radius 3 is 1.87 bits per heavy atom. The van der Waals surface area contributed by atoms with Crippen molar-refractivity contribution in [3.63, 3.8) is 0 Å². The average Bonchev–Trinajstić information content (AvgIpc) is 2.67. The topological polar surface area (TPSA) is 55.8 Å². The maximum atomic E-state index is 12.9. The highest BCUT2D eigenvalue weighted by molar-refractivity contribution is 5.92. The number of amides is 1. The number of anilines is 2. The molecule has 5 nitrogen and oxygen atoms in total. The summed E-state index contributed by atoms with van der Waals surface area (Å²) < 4.78 is 77.6. The molecule has 3 rings (SSSR count). The molecule has 0 radical (unpaired) electrons. The molecule has 2 aromatic rings. The second kappa shape index (κ2) is 8.66. The first kappa shape index (κ1) is 22.7. The second-order valence-electron chi connectivity index (χ2n) is 7.12. The van der Waals surface area contributed by atoms with Crippen LogP contribution in [0.2, 0.25) is 0 Å². The maximum Gasteiger partial charge on any atom is 0.416 e. The Hall–Kier alpha value is -2.95. The third-order valence-corrected chi connectivity index (χ3v) is 4.83. The molecule has 0 spiro atoms. The van der Waals surface area contributed by atoms with E-state index in [1.54, 1.807) is 29.2 Å². The van der Waals surface area contributed by atoms with Gasteiger partial charge in [-0.15, -0.1) is 0 Å². The highest BCUT2D eigenvalue weighted by Gasteiger charge is 2.37. The minimum absolute atomic E-state index is 0.0121. The van der Waals surface area contributed by atoms with E-state index in [1.165, 1.54) is 0 Å². The van der Waals surface area contributed by atoms with Crippen molar-refractivity contribution < 1.29 is 36.2 Å². The summed E-state index contributed by atoms with van der Waals surface area (Å²) in [6, 6.07) is 7.59. The smallest absolute Gasteiger partial charge is 0.416 e. The fourth-order valence-corrected chi connectivity index (χ4v) is 3.26. The van der Waals surface area contributed by atoms with Gasteiger partial charge in [0, 0.05) is 37.6 Å². The fourth-order valence-electron chi connectivity index (χ4n) is 3.26. The lowest BCUT2D eigenvalue weighted by atomic mass is 10.1. The zero-order chi connectivity index (χ0) is 22.8. The van der Waals surface area contributed by atoms with E-state index in [2.05, 4.69) is 5.32 Å². The van der Waals surface area contributed by atoms with Gasteiger partial charge in [0.05, 0.1) is 17.7 Å². The van der Waals surface area contributed by atoms with E-state index in [-0.39, 0.29) is 18.4 Å². The molecule has 1 fully saturated rings. The second-order valence-corrected chi connectivity index (χ2v) is 7.12. The molecule has 0 atom stereocenters. The van der Waals surface area contributed by atoms with E-state index >= 15 is 0 Å². The van der Waals surface area contributed by atoms with E-state index in [0.717, 1.165) is 5.69 Å². The van der Waals surface area contributed by atoms with Crippen LogP contribution in [0, 0.1) is 0 Å². The number of phenols is 1. The number of piperazine rings is 1. The van der Waals surface area contributed by atoms with E-state index in [4.69, 9.17) is 0 Å². The number of hydrogen-bond donors (Lipinski definition) is 2. The van der Waals surface area contributed by atoms with Crippen LogP contribution in [0.5, 0.6) is 5.75 Å². The van der Waals surface area contributed by atoms with Gasteiger partial charge in [0.25, 0.3) is 0 Å². The van der Waals surface area contributed by atoms with Gasteiger partial charge in [-0.3, -0.25) is 9.69 Å². The summed E-state index contributed by atoms with van der Waals surface area (Å²) in [6.07, 6.45) is -9.96. The molecule has 168 valence electrons. The van der Waals surface area contributed by atoms with Crippen molar-refractivity contribution in [2.75, 3.05) is 42.9 Å². The number of alkyl halides is 6. The van der Waals surface area contributed by atoms with Gasteiger partial charge < -0.3 is 15.3 Å². The molecule has 0 bridgehead atoms. The van der Waals surface area contributed by atoms with Gasteiger partial charge in [0.15, 0.2) is 0 Å². The van der Waals surface area contributed by atoms with Crippen LogP contribution in [0.15, 0.2) is 42.5 Å². The first-order chi connectivity index (χ1) is 14.4. The molecule has 2 N–H and O–H groups in total. The van der Waals surface area contributed by atoms with Gasteiger partial charge in [0.1, 0.15) is 5.75 Å². The van der Waals surface area contributed by atoms with Gasteiger partial charge >= 0.3 is 12.4 Å². The molecule has 1 heterocycles. The summed E-state index contributed by atoms with van der Waals surface area (Å²) in [5.74, 6) is -0.562. The average molecular weight is 447 g/mol. The molecule has 2 aromatic carbocycles. The summed E-state index contributed by atoms with van der Waals surface area (Å²) in [5.41, 5.74) is -2.64. The Morgan fingerprint density at radius 1 is 0.871 bits per heavy atom. The number of halogens is 6. The first-order valence-corrected chi connectivity index (χ1v) is 9.27. The third kappa shape index (κ3) is 6.03. The Balaban J connectivity index is 1.61. The van der Waals surface area contributed by atoms with Gasteiger partial charge in [-0.2, -0.15) is 26.3 Å². The van der Waals surface area contributed by atoms with E-state index in [9.17, 15) is 36.2 Å². The summed E-state index contributed by atoms with van der Waals surface area (Å²) >= 11 is 0. The van der Waals surface area contributed by atoms with Crippen molar-refractivity contribution in [2.24, 2.45) is 0 Å². The van der Waals surface area contributed by atoms with Gasteiger partial charge in [-0.25, -0.2) is 0 Å². The van der Waals surface area contributed by atoms with Crippen LogP contribution in [0.3, 0.4) is 0 Å². The molecule has 31 heavy (non-hydrogen) atoms. The van der Waals surface area contributed by atoms with Crippen molar-refractivity contribution in [3.05, 3.63) is 53.6 Å². The van der Waals surface area contributed by atoms with Gasteiger partial charge in [-0.05, 0) is 42.5 Å². The van der Waals surface area contributed by atoms with Crippen molar-refractivity contribution in [1.82, 2.24) is 4.90 Å². The molecule has 0 aliphatic carbocycles. The lowest BCUT2D eigenvalue weighted by Gasteiger charge is -2.35. The molecule has 1 aliphatic rings. The number of carbonyl (C=O) groups is 1. The quantitative estimate of drug-likeness (QED) is 0.691. The van der Waals surface area contributed by atoms with Gasteiger partial charge in [0.2, 0.25) is 5.91 Å². The lowest BCUT2D eigenvalue weighted by Crippen LogP contribution is -2.48. The SMILES string of the molecule is O=C(CN1CCN(c2ccc(O)cc2)CC1)Nc1cc(C(F)(F)F)cc(C(F)(F)F)c1. The number of aromatic hydroxyl groups is 1. The number of rotatable bonds is 4. The summed E-state index contributed by atoms with van der Waals surface area (Å²) in [7, 11) is 0. The van der Waals surface area contributed by atoms with Crippen LogP contribution in [-0.2, 0) is 17.1 Å². The molecule has 1 saturated heterocycles. The normalized spacial score (nSPS) is 15.7. The number of hydrogen-bond acceptors (Lipinski definition) is 4. The minimum atomic E-state index is -4.98. The highest BCUT2D eigenvalue weighted by Crippen LogP contribution is 2.37. The van der Waals surface area contributed by atoms with Crippen LogP contribution in [-0.4, -0.2) is 48.6 Å². The molecule has 0 unspecified atom stereocenters. The Bertz CT molecular complexity index is 888. The van der Waals surface area contributed by atoms with E-state index in [1.807, 2.05) is 4.90 Å². The van der Waals surface area contributed by atoms with Crippen molar-refractivity contribution in [2.45, 2.75) is 12.4 Å². The van der Waals surface area contributed by atoms with Crippen LogP contribution in [0.4, 0.5) is 37.7 Å². The van der Waals surface area contributed by atoms with Crippen LogP contribution in [0.25, 0.3) is 0 Å². The number of nitrogens with zero attached hydrogens (tertiary/aromatic N) is 2. The monoisotopic (exact) mass is 447 g/mol. The van der Waals surface area contributed by atoms with E-state index in [0.29, 0.717) is 38.3 Å². The number of carbonyl (C=O) groups excluding carboxylic acids is 1. The maximum absolute atomic E-state index is 12.9. The largest absolute Gasteiger partial charge is 0.508 e. The summed E-state index contributed by atoms with van der Waals surface area (Å²) in [4.78, 5) is 16.0. The predicted octanol–water partition coefficient (Wildman–Crippen LogP) is 4.19. The zero-order valence-electron chi connectivity index (χ0n) is 16.1. The number of nitrogens with one attached hydrogen (secondary N) is 1. The third-order valence-electron chi connectivity index (χ3n) is 4.83. The van der Waals surface area contributed by atoms with E-state index < -0.39 is 35.1 Å². The number of phenolic OH excluding ortho intramolecular Hbond substituents is 1. The summed E-state index contributed by atoms with van der Waals surface area (Å²) in [5, 5.41) is 11.5. The number of benzene rings is 2. The highest BCUT2D eigenvalue weighted by atomic mass is 19.4. The Morgan fingerprint density at radius 2 is 1.39 bits per heavy atom. The van der Waals surface area contributed by atoms with Crippen molar-refractivity contribution in [1.29, 1.82) is 0 Å². The van der Waals surface area contributed by atoms with Crippen LogP contribution >= 0.6 is 0 Å². The van der Waals surface area contributed by atoms with Gasteiger partial charge in [-0.1, -0.05) is 0 Å². The molecule has 11 heteroatoms. The molecule has 1 aliphatic heterocycles. The molecule has 0 aromatic heterocycles. The standard InChI is InChI=1S/C20H19F6N3O2/c21-19(22,23)13-9-14(20(24,25)26)11-15(10-13)27-18(31)12-28-5-7-29(8-6-28)16-1-3-17(30)4-2-16/h1-4,9-11,30H,5-8,12H2,(H,27,31). The predicted molar refractivity (Wildman–Crippen MR) is 102 cm³/mol. The first-order valence-electron chi connectivity index (χ1n) is 9.27.